The van der Waals surface area contributed by atoms with Gasteiger partial charge in [0, 0.05) is 25.0 Å². The first kappa shape index (κ1) is 11.5. The third-order valence-corrected chi connectivity index (χ3v) is 3.53. The molecule has 3 rings (SSSR count). The van der Waals surface area contributed by atoms with Gasteiger partial charge in [0.1, 0.15) is 0 Å². The van der Waals surface area contributed by atoms with Crippen LogP contribution in [0.2, 0.25) is 0 Å². The van der Waals surface area contributed by atoms with Crippen molar-refractivity contribution in [1.82, 2.24) is 20.1 Å². The Morgan fingerprint density at radius 1 is 1.50 bits per heavy atom. The van der Waals surface area contributed by atoms with E-state index in [2.05, 4.69) is 26.8 Å². The number of nitrogens with zero attached hydrogens (tertiary/aromatic N) is 3. The summed E-state index contributed by atoms with van der Waals surface area (Å²) in [5.41, 5.74) is 3.07. The van der Waals surface area contributed by atoms with Crippen molar-refractivity contribution < 1.29 is 0 Å². The number of rotatable bonds is 2. The van der Waals surface area contributed by atoms with E-state index in [9.17, 15) is 0 Å². The molecule has 1 unspecified atom stereocenters. The highest BCUT2D eigenvalue weighted by Crippen LogP contribution is 2.20. The van der Waals surface area contributed by atoms with Crippen molar-refractivity contribution in [1.29, 1.82) is 0 Å². The Kier molecular flexibility index (Phi) is 2.91. The Morgan fingerprint density at radius 2 is 2.39 bits per heavy atom. The fraction of sp³-hybridized carbons (Fsp3) is 0.538. The number of hydrogen-bond donors (Lipinski definition) is 2. The van der Waals surface area contributed by atoms with Crippen LogP contribution in [0.1, 0.15) is 18.5 Å². The third kappa shape index (κ3) is 2.06. The van der Waals surface area contributed by atoms with Gasteiger partial charge in [0.25, 0.3) is 0 Å². The van der Waals surface area contributed by atoms with E-state index in [1.807, 2.05) is 24.9 Å². The Balaban J connectivity index is 1.86. The lowest BCUT2D eigenvalue weighted by Crippen LogP contribution is -2.38. The van der Waals surface area contributed by atoms with Gasteiger partial charge in [-0.25, -0.2) is 4.98 Å². The molecule has 1 fully saturated rings. The summed E-state index contributed by atoms with van der Waals surface area (Å²) in [5, 5.41) is 12.5. The predicted octanol–water partition coefficient (Wildman–Crippen LogP) is 1.44. The van der Waals surface area contributed by atoms with Crippen LogP contribution < -0.4 is 10.6 Å². The van der Waals surface area contributed by atoms with Gasteiger partial charge < -0.3 is 10.6 Å². The van der Waals surface area contributed by atoms with Crippen molar-refractivity contribution in [3.05, 3.63) is 18.0 Å². The standard InChI is InChI=1S/C13H19N5/c1-9-12-6-11(8-15-13(12)18(2)17-9)16-10-4-3-5-14-7-10/h6,8,10,14,16H,3-5,7H2,1-2H3. The molecule has 1 aliphatic rings. The maximum atomic E-state index is 4.48. The minimum absolute atomic E-state index is 0.509. The smallest absolute Gasteiger partial charge is 0.157 e. The number of nitrogens with one attached hydrogen (secondary N) is 2. The Labute approximate surface area is 107 Å². The second-order valence-corrected chi connectivity index (χ2v) is 4.99. The summed E-state index contributed by atoms with van der Waals surface area (Å²) in [6.07, 6.45) is 4.36. The summed E-state index contributed by atoms with van der Waals surface area (Å²) in [5.74, 6) is 0. The van der Waals surface area contributed by atoms with Crippen LogP contribution in [0.5, 0.6) is 0 Å². The summed E-state index contributed by atoms with van der Waals surface area (Å²) < 4.78 is 1.83. The minimum Gasteiger partial charge on any atom is -0.380 e. The van der Waals surface area contributed by atoms with Gasteiger partial charge in [-0.3, -0.25) is 4.68 Å². The van der Waals surface area contributed by atoms with E-state index in [0.717, 1.165) is 35.5 Å². The number of anilines is 1. The molecule has 0 aliphatic carbocycles. The molecule has 1 aliphatic heterocycles. The van der Waals surface area contributed by atoms with Crippen LogP contribution >= 0.6 is 0 Å². The van der Waals surface area contributed by atoms with E-state index in [-0.39, 0.29) is 0 Å². The number of aromatic nitrogens is 3. The van der Waals surface area contributed by atoms with E-state index < -0.39 is 0 Å². The first-order chi connectivity index (χ1) is 8.74. The first-order valence-electron chi connectivity index (χ1n) is 6.50. The van der Waals surface area contributed by atoms with Crippen molar-refractivity contribution in [2.24, 2.45) is 7.05 Å². The fourth-order valence-corrected chi connectivity index (χ4v) is 2.60. The fourth-order valence-electron chi connectivity index (χ4n) is 2.60. The number of piperidine rings is 1. The van der Waals surface area contributed by atoms with E-state index >= 15 is 0 Å². The molecule has 5 nitrogen and oxygen atoms in total. The molecule has 2 aromatic rings. The lowest BCUT2D eigenvalue weighted by molar-refractivity contribution is 0.480. The summed E-state index contributed by atoms with van der Waals surface area (Å²) in [6.45, 7) is 4.19. The molecular weight excluding hydrogens is 226 g/mol. The van der Waals surface area contributed by atoms with E-state index in [1.54, 1.807) is 0 Å². The van der Waals surface area contributed by atoms with Crippen molar-refractivity contribution in [2.45, 2.75) is 25.8 Å². The quantitative estimate of drug-likeness (QED) is 0.840. The highest BCUT2D eigenvalue weighted by molar-refractivity contribution is 5.81. The zero-order valence-electron chi connectivity index (χ0n) is 10.9. The van der Waals surface area contributed by atoms with Crippen molar-refractivity contribution >= 4 is 16.7 Å². The van der Waals surface area contributed by atoms with Gasteiger partial charge >= 0.3 is 0 Å². The van der Waals surface area contributed by atoms with Gasteiger partial charge in [-0.15, -0.1) is 0 Å². The normalized spacial score (nSPS) is 20.2. The lowest BCUT2D eigenvalue weighted by Gasteiger charge is -2.24. The Hall–Kier alpha value is -1.62. The average Bonchev–Trinajstić information content (AvgIpc) is 2.66. The zero-order chi connectivity index (χ0) is 12.5. The van der Waals surface area contributed by atoms with E-state index in [1.165, 1.54) is 12.8 Å². The molecule has 0 radical (unpaired) electrons. The molecule has 18 heavy (non-hydrogen) atoms. The molecule has 2 N–H and O–H groups in total. The Morgan fingerprint density at radius 3 is 3.17 bits per heavy atom. The maximum Gasteiger partial charge on any atom is 0.157 e. The average molecular weight is 245 g/mol. The molecule has 5 heteroatoms. The van der Waals surface area contributed by atoms with E-state index in [0.29, 0.717) is 6.04 Å². The molecule has 96 valence electrons. The van der Waals surface area contributed by atoms with Gasteiger partial charge in [0.15, 0.2) is 5.65 Å². The zero-order valence-corrected chi connectivity index (χ0v) is 10.9. The van der Waals surface area contributed by atoms with Crippen LogP contribution in [0.15, 0.2) is 12.3 Å². The molecule has 0 spiro atoms. The monoisotopic (exact) mass is 245 g/mol. The first-order valence-corrected chi connectivity index (χ1v) is 6.50. The van der Waals surface area contributed by atoms with Gasteiger partial charge in [-0.05, 0) is 32.4 Å². The number of hydrogen-bond acceptors (Lipinski definition) is 4. The second-order valence-electron chi connectivity index (χ2n) is 4.99. The van der Waals surface area contributed by atoms with Gasteiger partial charge in [-0.1, -0.05) is 0 Å². The molecule has 3 heterocycles. The van der Waals surface area contributed by atoms with Crippen LogP contribution in [-0.4, -0.2) is 33.9 Å². The highest BCUT2D eigenvalue weighted by Gasteiger charge is 2.13. The van der Waals surface area contributed by atoms with Crippen LogP contribution in [0.4, 0.5) is 5.69 Å². The van der Waals surface area contributed by atoms with Crippen molar-refractivity contribution in [2.75, 3.05) is 18.4 Å². The number of aryl methyl sites for hydroxylation is 2. The second kappa shape index (κ2) is 4.57. The molecule has 0 aromatic carbocycles. The van der Waals surface area contributed by atoms with Gasteiger partial charge in [0.2, 0.25) is 0 Å². The van der Waals surface area contributed by atoms with Crippen LogP contribution in [0, 0.1) is 6.92 Å². The maximum absolute atomic E-state index is 4.48. The lowest BCUT2D eigenvalue weighted by atomic mass is 10.1. The third-order valence-electron chi connectivity index (χ3n) is 3.53. The molecule has 0 amide bonds. The van der Waals surface area contributed by atoms with Crippen molar-refractivity contribution in [3.63, 3.8) is 0 Å². The summed E-state index contributed by atoms with van der Waals surface area (Å²) in [7, 11) is 1.93. The molecule has 2 aromatic heterocycles. The molecule has 0 bridgehead atoms. The summed E-state index contributed by atoms with van der Waals surface area (Å²) >= 11 is 0. The van der Waals surface area contributed by atoms with Crippen LogP contribution in [-0.2, 0) is 7.05 Å². The molecule has 1 atom stereocenters. The van der Waals surface area contributed by atoms with Crippen molar-refractivity contribution in [3.8, 4) is 0 Å². The van der Waals surface area contributed by atoms with Crippen LogP contribution in [0.3, 0.4) is 0 Å². The predicted molar refractivity (Wildman–Crippen MR) is 72.8 cm³/mol. The number of pyridine rings is 1. The van der Waals surface area contributed by atoms with Gasteiger partial charge in [0.05, 0.1) is 17.6 Å². The number of fused-ring (bicyclic) bond motifs is 1. The largest absolute Gasteiger partial charge is 0.380 e. The SMILES string of the molecule is Cc1nn(C)c2ncc(NC3CCCNC3)cc12. The summed E-state index contributed by atoms with van der Waals surface area (Å²) in [4.78, 5) is 4.48. The highest BCUT2D eigenvalue weighted by atomic mass is 15.3. The van der Waals surface area contributed by atoms with Crippen LogP contribution in [0.25, 0.3) is 11.0 Å². The van der Waals surface area contributed by atoms with E-state index in [4.69, 9.17) is 0 Å². The molecule has 0 saturated carbocycles. The molecule has 1 saturated heterocycles. The molecular formula is C13H19N5. The minimum atomic E-state index is 0.509. The summed E-state index contributed by atoms with van der Waals surface area (Å²) in [6, 6.07) is 2.66. The topological polar surface area (TPSA) is 54.8 Å². The Bertz CT molecular complexity index is 554. The van der Waals surface area contributed by atoms with Gasteiger partial charge in [-0.2, -0.15) is 5.10 Å².